The van der Waals surface area contributed by atoms with Gasteiger partial charge in [0, 0.05) is 44.1 Å². The largest absolute Gasteiger partial charge is 0.460 e. The van der Waals surface area contributed by atoms with Crippen molar-refractivity contribution in [3.05, 3.63) is 36.5 Å². The Kier molecular flexibility index (Phi) is 32.3. The molecule has 5 saturated carbocycles. The molecule has 5 aliphatic carbocycles. The highest BCUT2D eigenvalue weighted by Gasteiger charge is 2.59. The summed E-state index contributed by atoms with van der Waals surface area (Å²) in [4.78, 5) is 39.7. The number of hydrogen-bond donors (Lipinski definition) is 22. The normalized spacial score (nSPS) is 48.9. The zero-order valence-corrected chi connectivity index (χ0v) is 62.2. The number of carbonyl (C=O) groups is 3. The second kappa shape index (κ2) is 40.6. The van der Waals surface area contributed by atoms with Crippen LogP contribution in [0.5, 0.6) is 0 Å². The lowest BCUT2D eigenvalue weighted by atomic mass is 9.72. The summed E-state index contributed by atoms with van der Waals surface area (Å²) in [7, 11) is 1.43. The van der Waals surface area contributed by atoms with Gasteiger partial charge >= 0.3 is 17.9 Å². The molecule has 0 aromatic heterocycles. The van der Waals surface area contributed by atoms with Gasteiger partial charge in [-0.3, -0.25) is 0 Å². The smallest absolute Gasteiger partial charge is 0.330 e. The molecule has 0 spiro atoms. The number of esters is 3. The van der Waals surface area contributed by atoms with Crippen LogP contribution >= 0.6 is 0 Å². The average Bonchev–Trinajstić information content (AvgIpc) is 0.715. The van der Waals surface area contributed by atoms with E-state index >= 15 is 0 Å². The fourth-order valence-corrected chi connectivity index (χ4v) is 17.3. The molecule has 0 amide bonds. The number of aliphatic hydroxyl groups excluding tert-OH is 22. The molecule has 0 bridgehead atoms. The lowest BCUT2D eigenvalue weighted by molar-refractivity contribution is -0.390. The molecule has 43 atom stereocenters. The van der Waals surface area contributed by atoms with E-state index in [2.05, 4.69) is 0 Å². The lowest BCUT2D eigenvalue weighted by Gasteiger charge is -2.51. The van der Waals surface area contributed by atoms with Crippen molar-refractivity contribution >= 4 is 17.9 Å². The molecule has 6 saturated heterocycles. The van der Waals surface area contributed by atoms with Gasteiger partial charge in [0.15, 0.2) is 43.7 Å². The molecule has 40 heteroatoms. The van der Waals surface area contributed by atoms with Crippen LogP contribution in [0.25, 0.3) is 0 Å². The summed E-state index contributed by atoms with van der Waals surface area (Å²) >= 11 is 0. The molecule has 11 fully saturated rings. The van der Waals surface area contributed by atoms with E-state index in [9.17, 15) is 127 Å². The van der Waals surface area contributed by atoms with Crippen molar-refractivity contribution in [3.8, 4) is 0 Å². The van der Waals surface area contributed by atoms with E-state index < -0.39 is 302 Å². The second-order valence-electron chi connectivity index (χ2n) is 31.8. The molecule has 23 N–H and O–H groups in total. The van der Waals surface area contributed by atoms with Crippen LogP contribution in [0.4, 0.5) is 0 Å². The van der Waals surface area contributed by atoms with E-state index in [0.717, 1.165) is 18.2 Å². The summed E-state index contributed by atoms with van der Waals surface area (Å²) in [6.45, 7) is -3.67. The van der Waals surface area contributed by atoms with Crippen LogP contribution < -0.4 is 0 Å². The Morgan fingerprint density at radius 3 is 1.23 bits per heavy atom. The summed E-state index contributed by atoms with van der Waals surface area (Å²) in [5.74, 6) is -5.21. The minimum atomic E-state index is -2.12. The number of methoxy groups -OCH3 is 1. The maximum Gasteiger partial charge on any atom is 0.330 e. The van der Waals surface area contributed by atoms with Gasteiger partial charge in [-0.2, -0.15) is 0 Å². The summed E-state index contributed by atoms with van der Waals surface area (Å²) in [5.41, 5.74) is 0. The summed E-state index contributed by atoms with van der Waals surface area (Å²) in [6, 6.07) is 0. The Morgan fingerprint density at radius 2 is 0.743 bits per heavy atom. The van der Waals surface area contributed by atoms with Crippen LogP contribution in [0.1, 0.15) is 96.3 Å². The Bertz CT molecular complexity index is 3080. The monoisotopic (exact) mass is 1630 g/mol. The highest BCUT2D eigenvalue weighted by Crippen LogP contribution is 2.46. The average molecular weight is 1630 g/mol. The molecule has 113 heavy (non-hydrogen) atoms. The highest BCUT2D eigenvalue weighted by molar-refractivity contribution is 5.82. The number of aliphatic hydroxyl groups is 24. The zero-order valence-electron chi connectivity index (χ0n) is 62.2. The van der Waals surface area contributed by atoms with Crippen LogP contribution in [0, 0.1) is 29.6 Å². The summed E-state index contributed by atoms with van der Waals surface area (Å²) in [5, 5.41) is 238. The SMILES string of the molecule is COC1CC(C2[OH+]C3CC(O)CC(O[C@@H]4O[C@H](CO)[C@@H](O)[C@H](O)[C@H]4O)C3CC2O[C@@H]2O[C@H](COC(=O)C=CC3CCC(O[C@@H]4O[C@H](COC(=O)C=CC5CCC(O)C(O[C@@H]6O[C@H](CO)[C@@H](O)[C@H](O)[C@H]6O)C5)[C@@H](O)[C@H](O)[C@H]4O)C(O)C3)[C@@H](O)[C@H](O)[C@H]2O[C@@H]2O[C@H](COC(=O)C=CC3CCC(O)C(O)C3)[C@@H](O)[C@H](O)[C@H]2O)CCC1O. The number of fused-ring (bicyclic) bond motifs is 1. The van der Waals surface area contributed by atoms with Gasteiger partial charge in [-0.05, 0) is 101 Å². The third-order valence-corrected chi connectivity index (χ3v) is 24.1. The molecule has 11 aliphatic rings. The number of allylic oxidation sites excluding steroid dienone is 3. The first-order chi connectivity index (χ1) is 53.8. The quantitative estimate of drug-likeness (QED) is 0.0165. The van der Waals surface area contributed by atoms with Gasteiger partial charge in [-0.1, -0.05) is 18.2 Å². The molecule has 0 aromatic carbocycles. The lowest BCUT2D eigenvalue weighted by Crippen LogP contribution is -2.66. The molecule has 40 nitrogen and oxygen atoms in total. The van der Waals surface area contributed by atoms with E-state index in [-0.39, 0.29) is 88.9 Å². The zero-order chi connectivity index (χ0) is 81.5. The maximum absolute atomic E-state index is 13.7. The molecule has 6 aliphatic heterocycles. The predicted octanol–water partition coefficient (Wildman–Crippen LogP) is -9.67. The number of rotatable bonds is 26. The van der Waals surface area contributed by atoms with Crippen molar-refractivity contribution in [1.82, 2.24) is 0 Å². The number of hydrogen-bond acceptors (Lipinski definition) is 39. The Hall–Kier alpha value is -3.73. The molecular formula is C73H115O40+. The maximum atomic E-state index is 13.7. The summed E-state index contributed by atoms with van der Waals surface area (Å²) < 4.78 is 87.8. The first kappa shape index (κ1) is 90.0. The minimum absolute atomic E-state index is 0.0376. The molecule has 0 radical (unpaired) electrons. The number of ether oxygens (including phenoxy) is 15. The topological polar surface area (TPSA) is 638 Å². The van der Waals surface area contributed by atoms with Crippen LogP contribution in [0.3, 0.4) is 0 Å². The second-order valence-corrected chi connectivity index (χ2v) is 31.8. The van der Waals surface area contributed by atoms with Gasteiger partial charge < -0.3 is 183 Å². The van der Waals surface area contributed by atoms with Crippen molar-refractivity contribution in [3.63, 3.8) is 0 Å². The molecular weight excluding hydrogens is 1520 g/mol. The fraction of sp³-hybridized carbons (Fsp3) is 0.877. The van der Waals surface area contributed by atoms with Crippen molar-refractivity contribution in [2.75, 3.05) is 40.1 Å². The van der Waals surface area contributed by atoms with Gasteiger partial charge in [0.1, 0.15) is 148 Å². The van der Waals surface area contributed by atoms with Crippen LogP contribution in [-0.4, -0.2) is 408 Å². The molecule has 11 rings (SSSR count). The van der Waals surface area contributed by atoms with E-state index in [0.29, 0.717) is 19.3 Å². The van der Waals surface area contributed by atoms with Gasteiger partial charge in [0.05, 0.1) is 80.2 Å². The van der Waals surface area contributed by atoms with E-state index in [1.165, 1.54) is 25.3 Å². The third kappa shape index (κ3) is 21.9. The Morgan fingerprint density at radius 1 is 0.345 bits per heavy atom. The van der Waals surface area contributed by atoms with Crippen molar-refractivity contribution in [2.45, 2.75) is 329 Å². The van der Waals surface area contributed by atoms with Gasteiger partial charge in [-0.15, -0.1) is 0 Å². The fourth-order valence-electron chi connectivity index (χ4n) is 17.3. The minimum Gasteiger partial charge on any atom is -0.460 e. The molecule has 6 heterocycles. The highest BCUT2D eigenvalue weighted by atomic mass is 16.8. The van der Waals surface area contributed by atoms with Gasteiger partial charge in [0.2, 0.25) is 0 Å². The van der Waals surface area contributed by atoms with E-state index in [1.807, 2.05) is 0 Å². The van der Waals surface area contributed by atoms with Crippen molar-refractivity contribution in [2.24, 2.45) is 29.6 Å². The van der Waals surface area contributed by atoms with E-state index in [1.54, 1.807) is 0 Å². The Balaban J connectivity index is 0.735. The van der Waals surface area contributed by atoms with Gasteiger partial charge in [-0.25, -0.2) is 14.4 Å². The van der Waals surface area contributed by atoms with Gasteiger partial charge in [0.25, 0.3) is 0 Å². The van der Waals surface area contributed by atoms with Crippen LogP contribution in [0.15, 0.2) is 36.5 Å². The van der Waals surface area contributed by atoms with Crippen LogP contribution in [-0.2, 0) is 80.7 Å². The first-order valence-corrected chi connectivity index (χ1v) is 39.0. The predicted molar refractivity (Wildman–Crippen MR) is 370 cm³/mol. The van der Waals surface area contributed by atoms with Crippen molar-refractivity contribution < 1.29 is 198 Å². The van der Waals surface area contributed by atoms with Crippen LogP contribution in [0.2, 0.25) is 0 Å². The number of carbonyl (C=O) groups excluding carboxylic acids is 3. The first-order valence-electron chi connectivity index (χ1n) is 39.0. The molecule has 0 aromatic rings. The standard InChI is InChI=1S/C73H114O40/c1-99-42-19-31(8-11-35(42)78)67-44(22-33-40(103-67)20-32(76)21-41(33)105-70-63(95)58(90)53(85)45(23-74)108-70)107-73-68(113-72-66(98)61(93)56(88)48(111-72)26-101-50(82)13-5-28-2-9-34(77)37(80)16-28)62(94)57(89)49(112-73)27-102-51(83)14-6-29-4-12-39(38(81)17-29)104-69-65(97)60(92)55(87)47(110-69)25-100-52(84)15-7-30-3-10-36(79)43(18-30)106-71-64(96)59(91)54(86)46(24-75)109-71/h5-7,13-15,28-49,53-81,85-98H,2-4,8-12,16-27H2,1H3/p+1/t28?,29?,30?,31?,32?,33?,34?,35?,36?,37?,38?,39?,40?,41?,42?,43?,44?,45-,46-,47-,48-,49-,53-,54-,55-,56-,57-,58+,59+,60+,61+,62+,63-,64-,65-,66-,67?,68-,69-,70-,71-,72+,73-/m1/s1. The van der Waals surface area contributed by atoms with E-state index in [4.69, 9.17) is 71.1 Å². The van der Waals surface area contributed by atoms with Crippen molar-refractivity contribution in [1.29, 1.82) is 0 Å². The summed E-state index contributed by atoms with van der Waals surface area (Å²) in [6.07, 6.45) is -46.7. The molecule has 18 unspecified atom stereocenters. The third-order valence-electron chi connectivity index (χ3n) is 24.1. The Labute approximate surface area is 649 Å². The molecule has 646 valence electrons.